The number of nitrogens with zero attached hydrogens (tertiary/aromatic N) is 1. The molecule has 7 nitrogen and oxygen atoms in total. The number of likely N-dealkylation sites (tertiary alicyclic amines) is 1. The normalized spacial score (nSPS) is 33.6. The fourth-order valence-electron chi connectivity index (χ4n) is 7.21. The van der Waals surface area contributed by atoms with Crippen LogP contribution < -0.4 is 10.6 Å². The highest BCUT2D eigenvalue weighted by molar-refractivity contribution is 6.30. The molecule has 3 amide bonds. The number of amides is 3. The van der Waals surface area contributed by atoms with E-state index < -0.39 is 29.6 Å². The molecule has 1 saturated carbocycles. The molecule has 41 heavy (non-hydrogen) atoms. The summed E-state index contributed by atoms with van der Waals surface area (Å²) in [4.78, 5) is 43.6. The van der Waals surface area contributed by atoms with Gasteiger partial charge in [0.05, 0.1) is 17.9 Å². The standard InChI is InChI=1S/C32H35Cl2N3O4/c1-18-4-3-5-24(19(18)2)36-30(39)28-32-16-14-25(41-32)26(29(38)35-23-12-10-22(34)11-13-23)27(32)31(40)37(28)17-15-20-6-8-21(33)9-7-20/h6-14,16,18-19,24-28H,3-5,15,17H2,1-2H3,(H,35,38)(H,36,39)/t18-,19+,24+,25+,26-,27+,28+,32+/m1/s1. The van der Waals surface area contributed by atoms with E-state index in [-0.39, 0.29) is 23.8 Å². The summed E-state index contributed by atoms with van der Waals surface area (Å²) in [5.41, 5.74) is 0.389. The Labute approximate surface area is 250 Å². The van der Waals surface area contributed by atoms with E-state index in [1.807, 2.05) is 36.4 Å². The monoisotopic (exact) mass is 595 g/mol. The van der Waals surface area contributed by atoms with Gasteiger partial charge in [0.2, 0.25) is 17.7 Å². The smallest absolute Gasteiger partial charge is 0.246 e. The Balaban J connectivity index is 1.29. The van der Waals surface area contributed by atoms with Crippen molar-refractivity contribution in [1.82, 2.24) is 10.2 Å². The first-order valence-electron chi connectivity index (χ1n) is 14.5. The molecule has 1 spiro atoms. The summed E-state index contributed by atoms with van der Waals surface area (Å²) >= 11 is 12.1. The number of halogens is 2. The van der Waals surface area contributed by atoms with Crippen LogP contribution in [0.1, 0.15) is 38.7 Å². The average Bonchev–Trinajstić information content (AvgIpc) is 3.59. The molecule has 8 atom stereocenters. The lowest BCUT2D eigenvalue weighted by atomic mass is 9.73. The van der Waals surface area contributed by atoms with Crippen LogP contribution >= 0.6 is 23.2 Å². The summed E-state index contributed by atoms with van der Waals surface area (Å²) < 4.78 is 6.48. The van der Waals surface area contributed by atoms with Crippen LogP contribution in [0, 0.1) is 23.7 Å². The molecule has 6 rings (SSSR count). The van der Waals surface area contributed by atoms with Crippen LogP contribution in [0.3, 0.4) is 0 Å². The molecule has 9 heteroatoms. The number of nitrogens with one attached hydrogen (secondary N) is 2. The molecular weight excluding hydrogens is 561 g/mol. The van der Waals surface area contributed by atoms with Crippen molar-refractivity contribution in [3.63, 3.8) is 0 Å². The van der Waals surface area contributed by atoms with E-state index in [4.69, 9.17) is 27.9 Å². The first-order valence-corrected chi connectivity index (χ1v) is 15.2. The molecule has 4 aliphatic rings. The molecule has 2 bridgehead atoms. The molecule has 216 valence electrons. The molecule has 2 aromatic rings. The predicted octanol–water partition coefficient (Wildman–Crippen LogP) is 5.27. The topological polar surface area (TPSA) is 87.7 Å². The lowest BCUT2D eigenvalue weighted by Crippen LogP contribution is -2.58. The quantitative estimate of drug-likeness (QED) is 0.427. The van der Waals surface area contributed by atoms with E-state index in [0.29, 0.717) is 40.5 Å². The Kier molecular flexibility index (Phi) is 7.64. The van der Waals surface area contributed by atoms with Gasteiger partial charge in [-0.2, -0.15) is 0 Å². The summed E-state index contributed by atoms with van der Waals surface area (Å²) in [6, 6.07) is 13.5. The van der Waals surface area contributed by atoms with Gasteiger partial charge in [0.1, 0.15) is 11.6 Å². The van der Waals surface area contributed by atoms with Crippen molar-refractivity contribution in [3.05, 3.63) is 76.3 Å². The van der Waals surface area contributed by atoms with E-state index in [1.165, 1.54) is 0 Å². The van der Waals surface area contributed by atoms with Gasteiger partial charge in [-0.1, -0.05) is 74.2 Å². The summed E-state index contributed by atoms with van der Waals surface area (Å²) in [5.74, 6) is -1.48. The Morgan fingerprint density at radius 1 is 1.00 bits per heavy atom. The van der Waals surface area contributed by atoms with Crippen LogP contribution in [0.2, 0.25) is 10.0 Å². The Hall–Kier alpha value is -2.87. The molecule has 2 N–H and O–H groups in total. The van der Waals surface area contributed by atoms with Crippen molar-refractivity contribution in [1.29, 1.82) is 0 Å². The van der Waals surface area contributed by atoms with Crippen LogP contribution in [0.5, 0.6) is 0 Å². The van der Waals surface area contributed by atoms with E-state index in [1.54, 1.807) is 29.2 Å². The molecule has 0 radical (unpaired) electrons. The first-order chi connectivity index (χ1) is 19.7. The molecule has 1 aliphatic carbocycles. The maximum atomic E-state index is 14.2. The van der Waals surface area contributed by atoms with Gasteiger partial charge in [-0.05, 0) is 66.6 Å². The van der Waals surface area contributed by atoms with Crippen LogP contribution in [-0.2, 0) is 25.5 Å². The highest BCUT2D eigenvalue weighted by atomic mass is 35.5. The van der Waals surface area contributed by atoms with Crippen molar-refractivity contribution < 1.29 is 19.1 Å². The molecule has 3 fully saturated rings. The lowest BCUT2D eigenvalue weighted by molar-refractivity contribution is -0.141. The third kappa shape index (κ3) is 5.06. The minimum absolute atomic E-state index is 0.0292. The van der Waals surface area contributed by atoms with Crippen LogP contribution in [0.25, 0.3) is 0 Å². The Morgan fingerprint density at radius 3 is 2.39 bits per heavy atom. The molecule has 3 aliphatic heterocycles. The van der Waals surface area contributed by atoms with Crippen molar-refractivity contribution in [3.8, 4) is 0 Å². The van der Waals surface area contributed by atoms with Gasteiger partial charge in [0.25, 0.3) is 0 Å². The van der Waals surface area contributed by atoms with Crippen molar-refractivity contribution in [2.75, 3.05) is 11.9 Å². The van der Waals surface area contributed by atoms with Crippen LogP contribution in [0.4, 0.5) is 5.69 Å². The largest absolute Gasteiger partial charge is 0.359 e. The zero-order valence-corrected chi connectivity index (χ0v) is 24.7. The van der Waals surface area contributed by atoms with Gasteiger partial charge in [-0.3, -0.25) is 14.4 Å². The van der Waals surface area contributed by atoms with Gasteiger partial charge in [-0.25, -0.2) is 0 Å². The van der Waals surface area contributed by atoms with Gasteiger partial charge < -0.3 is 20.3 Å². The zero-order chi connectivity index (χ0) is 28.9. The van der Waals surface area contributed by atoms with Crippen LogP contribution in [0.15, 0.2) is 60.7 Å². The number of benzene rings is 2. The number of carbonyl (C=O) groups excluding carboxylic acids is 3. The number of hydrogen-bond donors (Lipinski definition) is 2. The molecule has 0 aromatic heterocycles. The zero-order valence-electron chi connectivity index (χ0n) is 23.2. The molecule has 2 aromatic carbocycles. The van der Waals surface area contributed by atoms with E-state index in [2.05, 4.69) is 24.5 Å². The van der Waals surface area contributed by atoms with Gasteiger partial charge >= 0.3 is 0 Å². The Morgan fingerprint density at radius 2 is 1.68 bits per heavy atom. The fourth-order valence-corrected chi connectivity index (χ4v) is 7.47. The summed E-state index contributed by atoms with van der Waals surface area (Å²) in [6.07, 6.45) is 6.76. The van der Waals surface area contributed by atoms with Crippen molar-refractivity contribution in [2.45, 2.75) is 63.3 Å². The average molecular weight is 597 g/mol. The van der Waals surface area contributed by atoms with Crippen LogP contribution in [-0.4, -0.2) is 53.0 Å². The van der Waals surface area contributed by atoms with E-state index in [9.17, 15) is 14.4 Å². The molecule has 0 unspecified atom stereocenters. The highest BCUT2D eigenvalue weighted by Crippen LogP contribution is 2.55. The summed E-state index contributed by atoms with van der Waals surface area (Å²) in [7, 11) is 0. The SMILES string of the molecule is C[C@H]1[C@H](C)CCC[C@@H]1NC(=O)[C@@H]1N(CCc2ccc(Cl)cc2)C(=O)[C@@H]2[C@H](C(=O)Nc3ccc(Cl)cc3)[C@@H]3C=C[C@]21O3. The van der Waals surface area contributed by atoms with E-state index >= 15 is 0 Å². The molecule has 2 saturated heterocycles. The second kappa shape index (κ2) is 11.1. The minimum atomic E-state index is -1.20. The second-order valence-electron chi connectivity index (χ2n) is 12.0. The number of carbonyl (C=O) groups is 3. The fraction of sp³-hybridized carbons (Fsp3) is 0.469. The lowest BCUT2D eigenvalue weighted by Gasteiger charge is -2.38. The molecular formula is C32H35Cl2N3O4. The first kappa shape index (κ1) is 28.3. The third-order valence-corrected chi connectivity index (χ3v) is 10.1. The van der Waals surface area contributed by atoms with Gasteiger partial charge in [0, 0.05) is 28.3 Å². The summed E-state index contributed by atoms with van der Waals surface area (Å²) in [6.45, 7) is 4.73. The predicted molar refractivity (Wildman–Crippen MR) is 159 cm³/mol. The maximum Gasteiger partial charge on any atom is 0.246 e. The second-order valence-corrected chi connectivity index (χ2v) is 12.9. The van der Waals surface area contributed by atoms with Crippen molar-refractivity contribution in [2.24, 2.45) is 23.7 Å². The van der Waals surface area contributed by atoms with E-state index in [0.717, 1.165) is 24.8 Å². The highest BCUT2D eigenvalue weighted by Gasteiger charge is 2.72. The number of hydrogen-bond acceptors (Lipinski definition) is 4. The van der Waals surface area contributed by atoms with Gasteiger partial charge in [0.15, 0.2) is 0 Å². The minimum Gasteiger partial charge on any atom is -0.359 e. The molecule has 3 heterocycles. The number of anilines is 1. The van der Waals surface area contributed by atoms with Crippen molar-refractivity contribution >= 4 is 46.6 Å². The third-order valence-electron chi connectivity index (χ3n) is 9.63. The Bertz CT molecular complexity index is 1360. The van der Waals surface area contributed by atoms with Gasteiger partial charge in [-0.15, -0.1) is 0 Å². The number of fused-ring (bicyclic) bond motifs is 1. The number of ether oxygens (including phenoxy) is 1. The number of rotatable bonds is 7. The maximum absolute atomic E-state index is 14.2. The summed E-state index contributed by atoms with van der Waals surface area (Å²) in [5, 5.41) is 7.43.